The van der Waals surface area contributed by atoms with Crippen molar-refractivity contribution in [3.8, 4) is 0 Å². The van der Waals surface area contributed by atoms with Crippen LogP contribution in [-0.4, -0.2) is 22.6 Å². The number of aliphatic carboxylic acids is 1. The lowest BCUT2D eigenvalue weighted by Crippen LogP contribution is -2.10. The van der Waals surface area contributed by atoms with Crippen molar-refractivity contribution in [1.82, 2.24) is 0 Å². The van der Waals surface area contributed by atoms with E-state index in [1.54, 1.807) is 6.07 Å². The number of thioether (sulfide) groups is 1. The third-order valence-corrected chi connectivity index (χ3v) is 3.01. The molecule has 0 aromatic heterocycles. The number of hydrogen-bond acceptors (Lipinski definition) is 2. The van der Waals surface area contributed by atoms with Gasteiger partial charge in [0.05, 0.1) is 11.3 Å². The van der Waals surface area contributed by atoms with Crippen molar-refractivity contribution in [2.45, 2.75) is 12.6 Å². The molecule has 1 aromatic rings. The number of rotatable bonds is 5. The second-order valence-electron chi connectivity index (χ2n) is 3.35. The summed E-state index contributed by atoms with van der Waals surface area (Å²) in [5, 5.41) is 8.39. The smallest absolute Gasteiger partial charge is 0.416 e. The monoisotopic (exact) mass is 264 g/mol. The first-order valence-corrected chi connectivity index (χ1v) is 6.01. The lowest BCUT2D eigenvalue weighted by Gasteiger charge is -2.11. The molecule has 0 aliphatic rings. The average Bonchev–Trinajstić information content (AvgIpc) is 2.23. The molecule has 94 valence electrons. The van der Waals surface area contributed by atoms with Crippen LogP contribution in [0.2, 0.25) is 0 Å². The number of halogens is 3. The van der Waals surface area contributed by atoms with E-state index in [4.69, 9.17) is 5.11 Å². The minimum atomic E-state index is -4.35. The van der Waals surface area contributed by atoms with Crippen molar-refractivity contribution in [2.24, 2.45) is 0 Å². The number of carboxylic acid groups (broad SMARTS) is 1. The Morgan fingerprint density at radius 2 is 1.94 bits per heavy atom. The van der Waals surface area contributed by atoms with Gasteiger partial charge in [0.1, 0.15) is 0 Å². The van der Waals surface area contributed by atoms with Crippen molar-refractivity contribution in [2.75, 3.05) is 11.5 Å². The van der Waals surface area contributed by atoms with Gasteiger partial charge >= 0.3 is 12.1 Å². The summed E-state index contributed by atoms with van der Waals surface area (Å²) in [7, 11) is 0. The van der Waals surface area contributed by atoms with Crippen molar-refractivity contribution in [1.29, 1.82) is 0 Å². The van der Waals surface area contributed by atoms with Gasteiger partial charge in [-0.25, -0.2) is 0 Å². The lowest BCUT2D eigenvalue weighted by molar-refractivity contribution is -0.138. The quantitative estimate of drug-likeness (QED) is 0.830. The summed E-state index contributed by atoms with van der Waals surface area (Å²) in [6.45, 7) is 0. The van der Waals surface area contributed by atoms with Crippen LogP contribution in [0.3, 0.4) is 0 Å². The maximum Gasteiger partial charge on any atom is 0.416 e. The molecule has 1 aromatic carbocycles. The van der Waals surface area contributed by atoms with Gasteiger partial charge in [-0.2, -0.15) is 13.2 Å². The van der Waals surface area contributed by atoms with E-state index < -0.39 is 17.7 Å². The van der Waals surface area contributed by atoms with E-state index in [0.29, 0.717) is 5.75 Å². The summed E-state index contributed by atoms with van der Waals surface area (Å²) >= 11 is 1.11. The molecule has 0 saturated carbocycles. The highest BCUT2D eigenvalue weighted by Gasteiger charge is 2.32. The van der Waals surface area contributed by atoms with E-state index in [0.717, 1.165) is 17.8 Å². The molecule has 0 saturated heterocycles. The Hall–Kier alpha value is -1.17. The lowest BCUT2D eigenvalue weighted by atomic mass is 10.1. The normalized spacial score (nSPS) is 11.5. The van der Waals surface area contributed by atoms with Crippen LogP contribution >= 0.6 is 11.8 Å². The molecule has 1 N–H and O–H groups in total. The summed E-state index contributed by atoms with van der Waals surface area (Å²) in [5.74, 6) is -0.688. The average molecular weight is 264 g/mol. The molecule has 0 bridgehead atoms. The largest absolute Gasteiger partial charge is 0.481 e. The molecule has 0 atom stereocenters. The third kappa shape index (κ3) is 4.68. The first-order valence-electron chi connectivity index (χ1n) is 4.86. The fraction of sp³-hybridized carbons (Fsp3) is 0.364. The summed E-state index contributed by atoms with van der Waals surface area (Å²) in [5.41, 5.74) is -0.436. The molecule has 0 spiro atoms. The highest BCUT2D eigenvalue weighted by Crippen LogP contribution is 2.32. The van der Waals surface area contributed by atoms with E-state index in [2.05, 4.69) is 0 Å². The molecular formula is C11H11F3O2S. The minimum Gasteiger partial charge on any atom is -0.481 e. The van der Waals surface area contributed by atoms with Crippen LogP contribution in [0.4, 0.5) is 13.2 Å². The van der Waals surface area contributed by atoms with Gasteiger partial charge in [-0.05, 0) is 23.8 Å². The molecule has 0 heterocycles. The van der Waals surface area contributed by atoms with E-state index in [1.165, 1.54) is 12.1 Å². The molecule has 0 radical (unpaired) electrons. The molecule has 1 rings (SSSR count). The number of hydrogen-bond donors (Lipinski definition) is 1. The number of aryl methyl sites for hydroxylation is 1. The maximum atomic E-state index is 12.6. The number of alkyl halides is 3. The molecule has 0 aliphatic carbocycles. The topological polar surface area (TPSA) is 37.3 Å². The van der Waals surface area contributed by atoms with E-state index in [-0.39, 0.29) is 17.7 Å². The first-order chi connectivity index (χ1) is 7.91. The zero-order valence-corrected chi connectivity index (χ0v) is 9.64. The van der Waals surface area contributed by atoms with Gasteiger partial charge in [0.25, 0.3) is 0 Å². The molecule has 0 amide bonds. The molecule has 0 fully saturated rings. The van der Waals surface area contributed by atoms with Crippen LogP contribution in [0, 0.1) is 0 Å². The van der Waals surface area contributed by atoms with Crippen LogP contribution < -0.4 is 0 Å². The van der Waals surface area contributed by atoms with Crippen molar-refractivity contribution >= 4 is 17.7 Å². The van der Waals surface area contributed by atoms with Crippen LogP contribution in [0.15, 0.2) is 24.3 Å². The second kappa shape index (κ2) is 5.95. The van der Waals surface area contributed by atoms with Gasteiger partial charge in [0.2, 0.25) is 0 Å². The molecule has 0 unspecified atom stereocenters. The van der Waals surface area contributed by atoms with E-state index in [9.17, 15) is 18.0 Å². The van der Waals surface area contributed by atoms with Crippen molar-refractivity contribution in [3.63, 3.8) is 0 Å². The maximum absolute atomic E-state index is 12.6. The predicted octanol–water partition coefficient (Wildman–Crippen LogP) is 3.07. The molecular weight excluding hydrogens is 253 g/mol. The van der Waals surface area contributed by atoms with Gasteiger partial charge in [-0.3, -0.25) is 4.79 Å². The number of carbonyl (C=O) groups is 1. The fourth-order valence-corrected chi connectivity index (χ4v) is 2.04. The Labute approximate surface area is 101 Å². The Morgan fingerprint density at radius 3 is 2.53 bits per heavy atom. The first kappa shape index (κ1) is 13.9. The summed E-state index contributed by atoms with van der Waals surface area (Å²) in [6, 6.07) is 5.35. The summed E-state index contributed by atoms with van der Waals surface area (Å²) in [6.07, 6.45) is -4.14. The van der Waals surface area contributed by atoms with Gasteiger partial charge in [-0.1, -0.05) is 18.2 Å². The summed E-state index contributed by atoms with van der Waals surface area (Å²) < 4.78 is 37.8. The Bertz CT molecular complexity index is 391. The van der Waals surface area contributed by atoms with E-state index >= 15 is 0 Å². The zero-order chi connectivity index (χ0) is 12.9. The SMILES string of the molecule is O=C(O)CSCCc1ccccc1C(F)(F)F. The van der Waals surface area contributed by atoms with Crippen LogP contribution in [0.25, 0.3) is 0 Å². The van der Waals surface area contributed by atoms with E-state index in [1.807, 2.05) is 0 Å². The summed E-state index contributed by atoms with van der Waals surface area (Å²) in [4.78, 5) is 10.2. The van der Waals surface area contributed by atoms with Gasteiger partial charge in [0.15, 0.2) is 0 Å². The highest BCUT2D eigenvalue weighted by molar-refractivity contribution is 7.99. The molecule has 6 heteroatoms. The third-order valence-electron chi connectivity index (χ3n) is 2.06. The molecule has 17 heavy (non-hydrogen) atoms. The number of carboxylic acids is 1. The van der Waals surface area contributed by atoms with Gasteiger partial charge in [-0.15, -0.1) is 11.8 Å². The fourth-order valence-electron chi connectivity index (χ4n) is 1.36. The Balaban J connectivity index is 2.62. The van der Waals surface area contributed by atoms with Gasteiger partial charge in [0, 0.05) is 0 Å². The number of benzene rings is 1. The minimum absolute atomic E-state index is 0.0891. The molecule has 0 aliphatic heterocycles. The Kier molecular flexibility index (Phi) is 4.86. The molecule has 2 nitrogen and oxygen atoms in total. The predicted molar refractivity (Wildman–Crippen MR) is 60.1 cm³/mol. The highest BCUT2D eigenvalue weighted by atomic mass is 32.2. The Morgan fingerprint density at radius 1 is 1.29 bits per heavy atom. The standard InChI is InChI=1S/C11H11F3O2S/c12-11(13,14)9-4-2-1-3-8(9)5-6-17-7-10(15)16/h1-4H,5-7H2,(H,15,16). The van der Waals surface area contributed by atoms with Crippen LogP contribution in [0.1, 0.15) is 11.1 Å². The zero-order valence-electron chi connectivity index (χ0n) is 8.83. The van der Waals surface area contributed by atoms with Gasteiger partial charge < -0.3 is 5.11 Å². The van der Waals surface area contributed by atoms with Crippen LogP contribution in [0.5, 0.6) is 0 Å². The van der Waals surface area contributed by atoms with Crippen molar-refractivity contribution in [3.05, 3.63) is 35.4 Å². The van der Waals surface area contributed by atoms with Crippen molar-refractivity contribution < 1.29 is 23.1 Å². The van der Waals surface area contributed by atoms with Crippen LogP contribution in [-0.2, 0) is 17.4 Å². The second-order valence-corrected chi connectivity index (χ2v) is 4.46.